The highest BCUT2D eigenvalue weighted by Crippen LogP contribution is 2.67. The number of hydrogen-bond donors (Lipinski definition) is 6. The number of nitrogens with zero attached hydrogens (tertiary/aromatic N) is 7. The number of amides is 6. The van der Waals surface area contributed by atoms with Gasteiger partial charge in [0, 0.05) is 120 Å². The number of carbonyl (C=O) groups excluding carboxylic acids is 8. The van der Waals surface area contributed by atoms with Crippen molar-refractivity contribution < 1.29 is 43.1 Å². The van der Waals surface area contributed by atoms with Crippen LogP contribution in [0.25, 0.3) is 0 Å². The number of hydrogen-bond acceptors (Lipinski definition) is 11. The number of carbonyl (C=O) groups is 8. The second-order valence-corrected chi connectivity index (χ2v) is 16.0. The van der Waals surface area contributed by atoms with Crippen LogP contribution in [0.1, 0.15) is 93.6 Å². The zero-order valence-corrected chi connectivity index (χ0v) is 35.7. The quantitative estimate of drug-likeness (QED) is 0.0871. The number of aryl methyl sites for hydroxylation is 5. The zero-order valence-electron chi connectivity index (χ0n) is 35.7. The van der Waals surface area contributed by atoms with E-state index < -0.39 is 40.9 Å². The van der Waals surface area contributed by atoms with Gasteiger partial charge in [-0.25, -0.2) is 14.8 Å². The summed E-state index contributed by atoms with van der Waals surface area (Å²) >= 11 is 0. The lowest BCUT2D eigenvalue weighted by Gasteiger charge is -2.28. The molecule has 3 aliphatic rings. The van der Waals surface area contributed by atoms with Crippen molar-refractivity contribution in [1.29, 1.82) is 0 Å². The van der Waals surface area contributed by atoms with Crippen LogP contribution in [0.4, 0.5) is 17.2 Å². The van der Waals surface area contributed by atoms with Gasteiger partial charge in [-0.3, -0.25) is 33.6 Å². The minimum Gasteiger partial charge on any atom is -0.465 e. The fourth-order valence-electron chi connectivity index (χ4n) is 8.62. The second-order valence-electron chi connectivity index (χ2n) is 16.0. The molecule has 0 aromatic carbocycles. The summed E-state index contributed by atoms with van der Waals surface area (Å²) in [6, 6.07) is 2.97. The van der Waals surface area contributed by atoms with Crippen LogP contribution in [0.5, 0.6) is 0 Å². The third kappa shape index (κ3) is 7.62. The molecular formula is C42H45N13O9. The molecule has 1 spiro atoms. The molecule has 332 valence electrons. The van der Waals surface area contributed by atoms with Crippen molar-refractivity contribution in [3.05, 3.63) is 100 Å². The van der Waals surface area contributed by atoms with E-state index in [2.05, 4.69) is 41.5 Å². The van der Waals surface area contributed by atoms with Gasteiger partial charge in [-0.1, -0.05) is 0 Å². The van der Waals surface area contributed by atoms with Gasteiger partial charge in [0.2, 0.25) is 23.4 Å². The Hall–Kier alpha value is -8.04. The SMILES string of the molecule is COC(=O)c1c(C)[nH]c2c1C13CC1CN(C(=O)CCNC(=O)c1cc(NC(=O)c4cc(NC(=O)CCNC(=O)c5nc(NC(=O)c6nccn6C)cn5C)cn4C)cn1C)C3=CC2=O. The lowest BCUT2D eigenvalue weighted by Crippen LogP contribution is -2.36. The number of esters is 1. The van der Waals surface area contributed by atoms with Crippen molar-refractivity contribution in [3.63, 3.8) is 0 Å². The Morgan fingerprint density at radius 3 is 2.17 bits per heavy atom. The molecule has 6 N–H and O–H groups in total. The number of allylic oxidation sites excluding steroid dienone is 2. The van der Waals surface area contributed by atoms with E-state index in [-0.39, 0.29) is 72.4 Å². The highest BCUT2D eigenvalue weighted by Gasteiger charge is 2.68. The normalized spacial score (nSPS) is 16.8. The van der Waals surface area contributed by atoms with Crippen LogP contribution in [-0.4, -0.2) is 112 Å². The van der Waals surface area contributed by atoms with Crippen LogP contribution >= 0.6 is 0 Å². The maximum atomic E-state index is 13.5. The standard InChI is InChI=1S/C42H45N13O9/c1-21-32(41(63)64-6)33-34(46-21)27(56)15-28-42(33)16-22(42)17-55(28)31(58)8-10-44-37(59)25-14-24(19-52(25)3)48-38(60)26-13-23(18-53(26)4)47-30(57)7-9-45-39(61)36-49-29(20-54(36)5)50-40(62)35-43-11-12-51(35)2/h11-15,18-20,22,46H,7-10,16-17H2,1-6H3,(H,44,59)(H,45,61)(H,47,57)(H,48,60)(H,50,62). The van der Waals surface area contributed by atoms with Crippen molar-refractivity contribution >= 4 is 64.4 Å². The molecule has 0 radical (unpaired) electrons. The fourth-order valence-corrected chi connectivity index (χ4v) is 8.62. The first-order valence-corrected chi connectivity index (χ1v) is 20.2. The van der Waals surface area contributed by atoms with Crippen LogP contribution < -0.4 is 26.6 Å². The minimum atomic E-state index is -0.616. The Morgan fingerprint density at radius 1 is 0.812 bits per heavy atom. The molecule has 1 saturated heterocycles. The molecule has 8 rings (SSSR count). The number of aromatic nitrogens is 7. The largest absolute Gasteiger partial charge is 0.465 e. The lowest BCUT2D eigenvalue weighted by atomic mass is 9.82. The molecule has 2 aliphatic carbocycles. The van der Waals surface area contributed by atoms with E-state index in [0.717, 1.165) is 0 Å². The Morgan fingerprint density at radius 2 is 1.48 bits per heavy atom. The number of anilines is 3. The van der Waals surface area contributed by atoms with Gasteiger partial charge < -0.3 is 59.5 Å². The van der Waals surface area contributed by atoms with Crippen LogP contribution in [0, 0.1) is 12.8 Å². The van der Waals surface area contributed by atoms with Crippen molar-refractivity contribution in [2.75, 3.05) is 42.7 Å². The van der Waals surface area contributed by atoms with Gasteiger partial charge in [0.05, 0.1) is 29.7 Å². The number of fused-ring (bicyclic) bond motifs is 1. The predicted molar refractivity (Wildman–Crippen MR) is 226 cm³/mol. The van der Waals surface area contributed by atoms with Gasteiger partial charge in [0.25, 0.3) is 23.6 Å². The number of methoxy groups -OCH3 is 1. The summed E-state index contributed by atoms with van der Waals surface area (Å²) in [6.07, 6.45) is 9.73. The first-order valence-electron chi connectivity index (χ1n) is 20.2. The highest BCUT2D eigenvalue weighted by atomic mass is 16.5. The Kier molecular flexibility index (Phi) is 10.9. The van der Waals surface area contributed by atoms with Crippen LogP contribution in [0.2, 0.25) is 0 Å². The molecule has 2 fully saturated rings. The number of imidazole rings is 2. The van der Waals surface area contributed by atoms with Crippen molar-refractivity contribution in [3.8, 4) is 0 Å². The molecule has 1 aliphatic heterocycles. The van der Waals surface area contributed by atoms with Gasteiger partial charge in [-0.2, -0.15) is 0 Å². The fraction of sp³-hybridized carbons (Fsp3) is 0.333. The van der Waals surface area contributed by atoms with Crippen molar-refractivity contribution in [2.45, 2.75) is 31.6 Å². The van der Waals surface area contributed by atoms with E-state index in [1.54, 1.807) is 63.2 Å². The molecule has 1 saturated carbocycles. The molecule has 2 atom stereocenters. The Labute approximate surface area is 364 Å². The van der Waals surface area contributed by atoms with Crippen molar-refractivity contribution in [1.82, 2.24) is 48.8 Å². The Balaban J connectivity index is 0.796. The maximum Gasteiger partial charge on any atom is 0.340 e. The summed E-state index contributed by atoms with van der Waals surface area (Å²) in [5.74, 6) is -3.22. The van der Waals surface area contributed by atoms with E-state index in [1.807, 2.05) is 0 Å². The van der Waals surface area contributed by atoms with Crippen LogP contribution in [-0.2, 0) is 47.9 Å². The lowest BCUT2D eigenvalue weighted by molar-refractivity contribution is -0.129. The molecular weight excluding hydrogens is 831 g/mol. The minimum absolute atomic E-state index is 0.00564. The summed E-state index contributed by atoms with van der Waals surface area (Å²) in [5, 5.41) is 13.5. The summed E-state index contributed by atoms with van der Waals surface area (Å²) in [6.45, 7) is 2.08. The molecule has 5 aromatic heterocycles. The highest BCUT2D eigenvalue weighted by molar-refractivity contribution is 6.11. The summed E-state index contributed by atoms with van der Waals surface area (Å²) in [7, 11) is 7.81. The first kappa shape index (κ1) is 42.6. The average Bonchev–Trinajstić information content (AvgIpc) is 3.90. The summed E-state index contributed by atoms with van der Waals surface area (Å²) < 4.78 is 11.0. The molecule has 2 unspecified atom stereocenters. The number of ether oxygens (including phenoxy) is 1. The number of nitrogens with one attached hydrogen (secondary N) is 6. The molecule has 5 aromatic rings. The number of likely N-dealkylation sites (tertiary alicyclic amines) is 1. The monoisotopic (exact) mass is 875 g/mol. The zero-order chi connectivity index (χ0) is 45.8. The van der Waals surface area contributed by atoms with E-state index >= 15 is 0 Å². The molecule has 6 amide bonds. The number of piperidine rings is 1. The van der Waals surface area contributed by atoms with Gasteiger partial charge in [0.1, 0.15) is 11.4 Å². The number of rotatable bonds is 14. The van der Waals surface area contributed by atoms with Gasteiger partial charge in [-0.15, -0.1) is 0 Å². The van der Waals surface area contributed by atoms with Crippen LogP contribution in [0.3, 0.4) is 0 Å². The van der Waals surface area contributed by atoms with Gasteiger partial charge in [0.15, 0.2) is 11.6 Å². The molecule has 0 bridgehead atoms. The maximum absolute atomic E-state index is 13.5. The molecule has 6 heterocycles. The Bertz CT molecular complexity index is 2850. The summed E-state index contributed by atoms with van der Waals surface area (Å²) in [4.78, 5) is 117. The van der Waals surface area contributed by atoms with E-state index in [4.69, 9.17) is 4.74 Å². The second kappa shape index (κ2) is 16.3. The summed E-state index contributed by atoms with van der Waals surface area (Å²) in [5.41, 5.74) is 2.86. The van der Waals surface area contributed by atoms with Crippen molar-refractivity contribution in [2.24, 2.45) is 34.1 Å². The van der Waals surface area contributed by atoms with E-state index in [0.29, 0.717) is 52.6 Å². The first-order chi connectivity index (χ1) is 30.5. The number of ketones is 1. The third-order valence-electron chi connectivity index (χ3n) is 11.7. The molecule has 64 heavy (non-hydrogen) atoms. The number of H-pyrrole nitrogens is 1. The van der Waals surface area contributed by atoms with Gasteiger partial charge in [-0.05, 0) is 31.4 Å². The van der Waals surface area contributed by atoms with E-state index in [9.17, 15) is 38.4 Å². The van der Waals surface area contributed by atoms with Gasteiger partial charge >= 0.3 is 5.97 Å². The molecule has 22 heteroatoms. The third-order valence-corrected chi connectivity index (χ3v) is 11.7. The predicted octanol–water partition coefficient (Wildman–Crippen LogP) is 1.52. The molecule has 22 nitrogen and oxygen atoms in total. The average molecular weight is 876 g/mol. The van der Waals surface area contributed by atoms with E-state index in [1.165, 1.54) is 51.4 Å². The number of aromatic amines is 1. The van der Waals surface area contributed by atoms with Crippen LogP contribution in [0.15, 0.2) is 54.9 Å². The smallest absolute Gasteiger partial charge is 0.340 e. The topological polar surface area (TPSA) is 270 Å².